The molecule has 186 valence electrons. The van der Waals surface area contributed by atoms with Crippen molar-refractivity contribution in [1.29, 1.82) is 0 Å². The fourth-order valence-electron chi connectivity index (χ4n) is 4.58. The lowest BCUT2D eigenvalue weighted by Crippen LogP contribution is -2.51. The number of pyridine rings is 1. The Morgan fingerprint density at radius 2 is 1.63 bits per heavy atom. The molecular formula is C26H33N5O4. The molecule has 35 heavy (non-hydrogen) atoms. The quantitative estimate of drug-likeness (QED) is 0.609. The van der Waals surface area contributed by atoms with Gasteiger partial charge in [-0.25, -0.2) is 9.78 Å². The number of carbonyl (C=O) groups is 3. The Hall–Kier alpha value is -3.46. The number of rotatable bonds is 7. The highest BCUT2D eigenvalue weighted by molar-refractivity contribution is 5.96. The number of aryl methyl sites for hydroxylation is 2. The van der Waals surface area contributed by atoms with Crippen molar-refractivity contribution in [3.05, 3.63) is 53.2 Å². The first-order chi connectivity index (χ1) is 16.9. The van der Waals surface area contributed by atoms with Gasteiger partial charge in [-0.1, -0.05) is 18.2 Å². The number of aromatic nitrogens is 1. The van der Waals surface area contributed by atoms with Gasteiger partial charge in [0.2, 0.25) is 5.91 Å². The first kappa shape index (κ1) is 24.7. The van der Waals surface area contributed by atoms with Crippen molar-refractivity contribution in [3.63, 3.8) is 0 Å². The predicted octanol–water partition coefficient (Wildman–Crippen LogP) is 2.24. The van der Waals surface area contributed by atoms with Gasteiger partial charge in [-0.15, -0.1) is 0 Å². The standard InChI is InChI=1S/C26H33N5O4/c1-19-7-5-8-20(2)24(19)28-22(32)17-29-13-15-30(16-14-29)23(33)18-35-26(34)21-9-6-10-27-25(21)31-11-3-4-12-31/h5-10H,3-4,11-18H2,1-2H3,(H,28,32). The maximum atomic E-state index is 12.7. The van der Waals surface area contributed by atoms with Crippen molar-refractivity contribution >= 4 is 29.3 Å². The van der Waals surface area contributed by atoms with Crippen LogP contribution in [0.2, 0.25) is 0 Å². The largest absolute Gasteiger partial charge is 0.452 e. The van der Waals surface area contributed by atoms with Gasteiger partial charge in [0.1, 0.15) is 11.4 Å². The van der Waals surface area contributed by atoms with E-state index >= 15 is 0 Å². The molecular weight excluding hydrogens is 446 g/mol. The minimum atomic E-state index is -0.532. The molecule has 1 N–H and O–H groups in total. The van der Waals surface area contributed by atoms with Gasteiger partial charge in [-0.05, 0) is 49.9 Å². The zero-order chi connectivity index (χ0) is 24.8. The van der Waals surface area contributed by atoms with Gasteiger partial charge in [0.25, 0.3) is 5.91 Å². The second-order valence-corrected chi connectivity index (χ2v) is 9.12. The molecule has 4 rings (SSSR count). The number of carbonyl (C=O) groups excluding carboxylic acids is 3. The van der Waals surface area contributed by atoms with Crippen LogP contribution in [0.5, 0.6) is 0 Å². The van der Waals surface area contributed by atoms with Crippen LogP contribution in [0, 0.1) is 13.8 Å². The van der Waals surface area contributed by atoms with Crippen molar-refractivity contribution in [2.75, 3.05) is 62.6 Å². The predicted molar refractivity (Wildman–Crippen MR) is 134 cm³/mol. The number of nitrogens with zero attached hydrogens (tertiary/aromatic N) is 4. The third-order valence-electron chi connectivity index (χ3n) is 6.58. The van der Waals surface area contributed by atoms with Crippen molar-refractivity contribution in [2.45, 2.75) is 26.7 Å². The molecule has 9 heteroatoms. The number of benzene rings is 1. The smallest absolute Gasteiger partial charge is 0.342 e. The fraction of sp³-hybridized carbons (Fsp3) is 0.462. The summed E-state index contributed by atoms with van der Waals surface area (Å²) in [5, 5.41) is 3.01. The SMILES string of the molecule is Cc1cccc(C)c1NC(=O)CN1CCN(C(=O)COC(=O)c2cccnc2N2CCCC2)CC1. The van der Waals surface area contributed by atoms with Crippen LogP contribution < -0.4 is 10.2 Å². The maximum Gasteiger partial charge on any atom is 0.342 e. The molecule has 1 aromatic carbocycles. The lowest BCUT2D eigenvalue weighted by Gasteiger charge is -2.34. The number of esters is 1. The van der Waals surface area contributed by atoms with E-state index in [2.05, 4.69) is 15.2 Å². The Labute approximate surface area is 206 Å². The molecule has 2 saturated heterocycles. The minimum absolute atomic E-state index is 0.0682. The monoisotopic (exact) mass is 479 g/mol. The maximum absolute atomic E-state index is 12.7. The molecule has 3 heterocycles. The van der Waals surface area contributed by atoms with E-state index in [4.69, 9.17) is 4.74 Å². The summed E-state index contributed by atoms with van der Waals surface area (Å²) in [6.07, 6.45) is 3.81. The summed E-state index contributed by atoms with van der Waals surface area (Å²) < 4.78 is 5.35. The lowest BCUT2D eigenvalue weighted by molar-refractivity contribution is -0.136. The average Bonchev–Trinajstić information content (AvgIpc) is 3.40. The van der Waals surface area contributed by atoms with Gasteiger partial charge in [-0.2, -0.15) is 0 Å². The Bertz CT molecular complexity index is 1050. The summed E-state index contributed by atoms with van der Waals surface area (Å²) in [6, 6.07) is 9.31. The topological polar surface area (TPSA) is 95.1 Å². The molecule has 2 aliphatic rings. The van der Waals surface area contributed by atoms with Gasteiger partial charge in [0.15, 0.2) is 6.61 Å². The van der Waals surface area contributed by atoms with Crippen molar-refractivity contribution in [2.24, 2.45) is 0 Å². The minimum Gasteiger partial charge on any atom is -0.452 e. The van der Waals surface area contributed by atoms with E-state index in [1.807, 2.05) is 36.9 Å². The molecule has 2 aromatic rings. The Kier molecular flexibility index (Phi) is 7.97. The number of nitrogens with one attached hydrogen (secondary N) is 1. The summed E-state index contributed by atoms with van der Waals surface area (Å²) in [6.45, 7) is 7.78. The molecule has 2 amide bonds. The van der Waals surface area contributed by atoms with Gasteiger partial charge in [-0.3, -0.25) is 14.5 Å². The molecule has 1 aromatic heterocycles. The third kappa shape index (κ3) is 6.16. The van der Waals surface area contributed by atoms with Crippen LogP contribution in [0.4, 0.5) is 11.5 Å². The van der Waals surface area contributed by atoms with Gasteiger partial charge in [0, 0.05) is 51.2 Å². The van der Waals surface area contributed by atoms with E-state index in [-0.39, 0.29) is 25.0 Å². The summed E-state index contributed by atoms with van der Waals surface area (Å²) >= 11 is 0. The van der Waals surface area contributed by atoms with Crippen LogP contribution in [0.15, 0.2) is 36.5 Å². The first-order valence-electron chi connectivity index (χ1n) is 12.2. The van der Waals surface area contributed by atoms with Gasteiger partial charge >= 0.3 is 5.97 Å². The number of ether oxygens (including phenoxy) is 1. The average molecular weight is 480 g/mol. The van der Waals surface area contributed by atoms with E-state index in [0.717, 1.165) is 42.7 Å². The molecule has 0 unspecified atom stereocenters. The first-order valence-corrected chi connectivity index (χ1v) is 12.2. The van der Waals surface area contributed by atoms with Crippen LogP contribution >= 0.6 is 0 Å². The zero-order valence-corrected chi connectivity index (χ0v) is 20.5. The summed E-state index contributed by atoms with van der Waals surface area (Å²) in [7, 11) is 0. The van der Waals surface area contributed by atoms with Crippen LogP contribution in [0.25, 0.3) is 0 Å². The molecule has 0 spiro atoms. The normalized spacial score (nSPS) is 16.3. The summed E-state index contributed by atoms with van der Waals surface area (Å²) in [5.74, 6) is -0.212. The molecule has 9 nitrogen and oxygen atoms in total. The zero-order valence-electron chi connectivity index (χ0n) is 20.5. The second-order valence-electron chi connectivity index (χ2n) is 9.12. The second kappa shape index (κ2) is 11.3. The van der Waals surface area contributed by atoms with E-state index in [1.54, 1.807) is 23.2 Å². The number of hydrogen-bond acceptors (Lipinski definition) is 7. The molecule has 0 saturated carbocycles. The summed E-state index contributed by atoms with van der Waals surface area (Å²) in [5.41, 5.74) is 3.31. The molecule has 0 bridgehead atoms. The van der Waals surface area contributed by atoms with Gasteiger partial charge < -0.3 is 19.9 Å². The van der Waals surface area contributed by atoms with E-state index in [9.17, 15) is 14.4 Å². The number of para-hydroxylation sites is 1. The number of piperazine rings is 1. The summed E-state index contributed by atoms with van der Waals surface area (Å²) in [4.78, 5) is 48.0. The molecule has 0 atom stereocenters. The van der Waals surface area contributed by atoms with E-state index in [0.29, 0.717) is 37.6 Å². The number of anilines is 2. The highest BCUT2D eigenvalue weighted by atomic mass is 16.5. The Morgan fingerprint density at radius 3 is 2.31 bits per heavy atom. The van der Waals surface area contributed by atoms with Crippen molar-refractivity contribution < 1.29 is 19.1 Å². The molecule has 0 aliphatic carbocycles. The van der Waals surface area contributed by atoms with Gasteiger partial charge in [0.05, 0.1) is 6.54 Å². The molecule has 2 fully saturated rings. The Morgan fingerprint density at radius 1 is 0.943 bits per heavy atom. The van der Waals surface area contributed by atoms with Crippen LogP contribution in [0.1, 0.15) is 34.3 Å². The van der Waals surface area contributed by atoms with Crippen LogP contribution in [-0.4, -0.2) is 85.0 Å². The lowest BCUT2D eigenvalue weighted by atomic mass is 10.1. The number of hydrogen-bond donors (Lipinski definition) is 1. The van der Waals surface area contributed by atoms with Crippen molar-refractivity contribution in [1.82, 2.24) is 14.8 Å². The fourth-order valence-corrected chi connectivity index (χ4v) is 4.58. The highest BCUT2D eigenvalue weighted by Crippen LogP contribution is 2.23. The van der Waals surface area contributed by atoms with E-state index in [1.165, 1.54) is 0 Å². The van der Waals surface area contributed by atoms with Crippen LogP contribution in [-0.2, 0) is 14.3 Å². The number of amides is 2. The highest BCUT2D eigenvalue weighted by Gasteiger charge is 2.25. The van der Waals surface area contributed by atoms with Crippen molar-refractivity contribution in [3.8, 4) is 0 Å². The molecule has 0 radical (unpaired) electrons. The van der Waals surface area contributed by atoms with Crippen LogP contribution in [0.3, 0.4) is 0 Å². The third-order valence-corrected chi connectivity index (χ3v) is 6.58. The van der Waals surface area contributed by atoms with E-state index < -0.39 is 5.97 Å². The molecule has 2 aliphatic heterocycles. The Balaban J connectivity index is 1.22.